The number of fused-ring (bicyclic) bond motifs is 1. The molecule has 0 radical (unpaired) electrons. The van der Waals surface area contributed by atoms with Gasteiger partial charge in [0.25, 0.3) is 0 Å². The van der Waals surface area contributed by atoms with Crippen molar-refractivity contribution in [3.8, 4) is 0 Å². The van der Waals surface area contributed by atoms with Gasteiger partial charge in [-0.15, -0.1) is 0 Å². The third kappa shape index (κ3) is 3.75. The molecule has 2 aromatic rings. The van der Waals surface area contributed by atoms with Gasteiger partial charge in [0.15, 0.2) is 0 Å². The van der Waals surface area contributed by atoms with E-state index in [2.05, 4.69) is 9.71 Å². The van der Waals surface area contributed by atoms with Gasteiger partial charge in [-0.1, -0.05) is 35.3 Å². The van der Waals surface area contributed by atoms with Crippen molar-refractivity contribution in [1.29, 1.82) is 0 Å². The third-order valence-corrected chi connectivity index (χ3v) is 5.37. The number of hydrogen-bond acceptors (Lipinski definition) is 2. The van der Waals surface area contributed by atoms with Crippen LogP contribution in [-0.2, 0) is 11.0 Å². The molecule has 2 rings (SSSR count). The van der Waals surface area contributed by atoms with Gasteiger partial charge in [0.2, 0.25) is 0 Å². The van der Waals surface area contributed by atoms with E-state index in [1.165, 1.54) is 0 Å². The predicted octanol–water partition coefficient (Wildman–Crippen LogP) is 4.65. The molecule has 0 fully saturated rings. The van der Waals surface area contributed by atoms with Crippen molar-refractivity contribution in [1.82, 2.24) is 9.71 Å². The summed E-state index contributed by atoms with van der Waals surface area (Å²) in [4.78, 5) is 4.36. The highest BCUT2D eigenvalue weighted by Gasteiger charge is 2.23. The topological polar surface area (TPSA) is 42.0 Å². The lowest BCUT2D eigenvalue weighted by Crippen LogP contribution is -2.34. The molecule has 2 atom stereocenters. The normalized spacial score (nSPS) is 15.1. The Morgan fingerprint density at radius 3 is 2.57 bits per heavy atom. The predicted molar refractivity (Wildman–Crippen MR) is 91.2 cm³/mol. The second-order valence-corrected chi connectivity index (χ2v) is 8.66. The van der Waals surface area contributed by atoms with Crippen LogP contribution in [0.4, 0.5) is 0 Å². The second kappa shape index (κ2) is 6.21. The second-order valence-electron chi connectivity index (χ2n) is 5.90. The van der Waals surface area contributed by atoms with Crippen LogP contribution in [0.1, 0.15) is 39.3 Å². The largest absolute Gasteiger partial charge is 0.242 e. The van der Waals surface area contributed by atoms with Crippen molar-refractivity contribution in [3.05, 3.63) is 40.0 Å². The molecule has 6 heteroatoms. The highest BCUT2D eigenvalue weighted by atomic mass is 35.5. The first-order chi connectivity index (χ1) is 9.70. The van der Waals surface area contributed by atoms with Crippen LogP contribution in [0.25, 0.3) is 10.9 Å². The Kier molecular flexibility index (Phi) is 4.93. The number of pyridine rings is 1. The molecule has 0 bridgehead atoms. The molecule has 1 unspecified atom stereocenters. The number of benzene rings is 1. The van der Waals surface area contributed by atoms with Crippen LogP contribution in [0.15, 0.2) is 24.3 Å². The number of para-hydroxylation sites is 1. The van der Waals surface area contributed by atoms with Crippen LogP contribution in [0.5, 0.6) is 0 Å². The molecule has 1 heterocycles. The van der Waals surface area contributed by atoms with Crippen LogP contribution in [0.3, 0.4) is 0 Å². The van der Waals surface area contributed by atoms with E-state index in [9.17, 15) is 4.21 Å². The summed E-state index contributed by atoms with van der Waals surface area (Å²) in [5, 5.41) is 1.86. The van der Waals surface area contributed by atoms with Crippen LogP contribution in [0, 0.1) is 0 Å². The molecule has 0 spiro atoms. The Bertz CT molecular complexity index is 698. The van der Waals surface area contributed by atoms with Crippen molar-refractivity contribution < 1.29 is 4.21 Å². The molecule has 0 aliphatic heterocycles. The average Bonchev–Trinajstić information content (AvgIpc) is 2.38. The molecule has 0 aliphatic carbocycles. The van der Waals surface area contributed by atoms with E-state index in [1.54, 1.807) is 6.07 Å². The molecule has 0 aliphatic rings. The van der Waals surface area contributed by atoms with Crippen molar-refractivity contribution in [2.24, 2.45) is 0 Å². The summed E-state index contributed by atoms with van der Waals surface area (Å²) >= 11 is 12.4. The molecule has 0 saturated carbocycles. The maximum atomic E-state index is 12.2. The summed E-state index contributed by atoms with van der Waals surface area (Å²) in [6, 6.07) is 7.35. The van der Waals surface area contributed by atoms with E-state index < -0.39 is 11.0 Å². The number of aromatic nitrogens is 1. The van der Waals surface area contributed by atoms with Gasteiger partial charge in [0.1, 0.15) is 5.15 Å². The average molecular weight is 345 g/mol. The van der Waals surface area contributed by atoms with Gasteiger partial charge in [0.05, 0.1) is 26.3 Å². The number of hydrogen-bond donors (Lipinski definition) is 1. The summed E-state index contributed by atoms with van der Waals surface area (Å²) < 4.78 is 14.9. The summed E-state index contributed by atoms with van der Waals surface area (Å²) in [7, 11) is -1.18. The standard InChI is InChI=1S/C15H18Cl2N2OS/c1-9(19-21(20)15(2,3)4)11-8-10-6-5-7-12(16)13(10)18-14(11)17/h5-9,19H,1-4H3/t9-,21?/m1/s1. The van der Waals surface area contributed by atoms with Crippen molar-refractivity contribution in [2.45, 2.75) is 38.5 Å². The van der Waals surface area contributed by atoms with Gasteiger partial charge in [-0.3, -0.25) is 0 Å². The minimum absolute atomic E-state index is 0.173. The van der Waals surface area contributed by atoms with Gasteiger partial charge >= 0.3 is 0 Å². The summed E-state index contributed by atoms with van der Waals surface area (Å²) in [5.74, 6) is 0. The Labute approximate surface area is 137 Å². The van der Waals surface area contributed by atoms with Crippen molar-refractivity contribution >= 4 is 45.1 Å². The molecule has 0 amide bonds. The van der Waals surface area contributed by atoms with Crippen LogP contribution in [0.2, 0.25) is 10.2 Å². The lowest BCUT2D eigenvalue weighted by Gasteiger charge is -2.22. The lowest BCUT2D eigenvalue weighted by molar-refractivity contribution is 0.616. The minimum Gasteiger partial charge on any atom is -0.242 e. The fraction of sp³-hybridized carbons (Fsp3) is 0.400. The summed E-state index contributed by atoms with van der Waals surface area (Å²) in [5.41, 5.74) is 1.49. The number of nitrogens with one attached hydrogen (secondary N) is 1. The van der Waals surface area contributed by atoms with Gasteiger partial charge in [-0.05, 0) is 39.8 Å². The van der Waals surface area contributed by atoms with Gasteiger partial charge in [-0.2, -0.15) is 0 Å². The van der Waals surface area contributed by atoms with E-state index in [0.717, 1.165) is 10.9 Å². The molecule has 3 nitrogen and oxygen atoms in total. The zero-order valence-corrected chi connectivity index (χ0v) is 14.7. The molecular formula is C15H18Cl2N2OS. The first kappa shape index (κ1) is 16.7. The Morgan fingerprint density at radius 1 is 1.29 bits per heavy atom. The number of halogens is 2. The van der Waals surface area contributed by atoms with Crippen LogP contribution < -0.4 is 4.72 Å². The maximum Gasteiger partial charge on any atom is 0.134 e. The fourth-order valence-corrected chi connectivity index (χ4v) is 3.19. The van der Waals surface area contributed by atoms with Crippen LogP contribution in [-0.4, -0.2) is 13.9 Å². The lowest BCUT2D eigenvalue weighted by atomic mass is 10.1. The van der Waals surface area contributed by atoms with Crippen molar-refractivity contribution in [2.75, 3.05) is 0 Å². The first-order valence-corrected chi connectivity index (χ1v) is 8.53. The molecule has 1 N–H and O–H groups in total. The molecule has 1 aromatic carbocycles. The Hall–Kier alpha value is -0.680. The highest BCUT2D eigenvalue weighted by Crippen LogP contribution is 2.29. The maximum absolute atomic E-state index is 12.2. The quantitative estimate of drug-likeness (QED) is 0.823. The molecule has 114 valence electrons. The first-order valence-electron chi connectivity index (χ1n) is 6.63. The third-order valence-electron chi connectivity index (χ3n) is 3.08. The van der Waals surface area contributed by atoms with Crippen molar-refractivity contribution in [3.63, 3.8) is 0 Å². The SMILES string of the molecule is C[C@@H](NS(=O)C(C)(C)C)c1cc2cccc(Cl)c2nc1Cl. The van der Waals surface area contributed by atoms with E-state index in [0.29, 0.717) is 15.7 Å². The smallest absolute Gasteiger partial charge is 0.134 e. The van der Waals surface area contributed by atoms with Crippen LogP contribution >= 0.6 is 23.2 Å². The zero-order chi connectivity index (χ0) is 15.8. The van der Waals surface area contributed by atoms with E-state index >= 15 is 0 Å². The van der Waals surface area contributed by atoms with Gasteiger partial charge < -0.3 is 0 Å². The Balaban J connectivity index is 2.38. The Morgan fingerprint density at radius 2 is 1.95 bits per heavy atom. The van der Waals surface area contributed by atoms with Gasteiger partial charge in [-0.25, -0.2) is 13.9 Å². The van der Waals surface area contributed by atoms with E-state index in [4.69, 9.17) is 23.2 Å². The summed E-state index contributed by atoms with van der Waals surface area (Å²) in [6.07, 6.45) is 0. The monoisotopic (exact) mass is 344 g/mol. The molecule has 21 heavy (non-hydrogen) atoms. The highest BCUT2D eigenvalue weighted by molar-refractivity contribution is 7.84. The molecular weight excluding hydrogens is 327 g/mol. The molecule has 0 saturated heterocycles. The number of rotatable bonds is 3. The number of nitrogens with zero attached hydrogens (tertiary/aromatic N) is 1. The zero-order valence-electron chi connectivity index (χ0n) is 12.4. The summed E-state index contributed by atoms with van der Waals surface area (Å²) in [6.45, 7) is 7.68. The van der Waals surface area contributed by atoms with Gasteiger partial charge in [0, 0.05) is 17.0 Å². The van der Waals surface area contributed by atoms with E-state index in [1.807, 2.05) is 45.9 Å². The van der Waals surface area contributed by atoms with E-state index in [-0.39, 0.29) is 10.8 Å². The minimum atomic E-state index is -1.18. The fourth-order valence-electron chi connectivity index (χ4n) is 1.86. The molecule has 1 aromatic heterocycles.